The van der Waals surface area contributed by atoms with E-state index in [1.807, 2.05) is 6.92 Å². The van der Waals surface area contributed by atoms with Gasteiger partial charge in [0.25, 0.3) is 0 Å². The average molecular weight is 200 g/mol. The molecule has 0 saturated carbocycles. The molecule has 0 fully saturated rings. The van der Waals surface area contributed by atoms with Gasteiger partial charge in [0.15, 0.2) is 0 Å². The van der Waals surface area contributed by atoms with Gasteiger partial charge >= 0.3 is 5.97 Å². The van der Waals surface area contributed by atoms with Crippen LogP contribution in [0.25, 0.3) is 0 Å². The molecule has 13 heavy (non-hydrogen) atoms. The normalized spacial score (nSPS) is 10.0. The van der Waals surface area contributed by atoms with Gasteiger partial charge in [0.05, 0.1) is 0 Å². The molecule has 0 aliphatic carbocycles. The Kier molecular flexibility index (Phi) is 3.31. The predicted molar refractivity (Wildman–Crippen MR) is 49.8 cm³/mol. The molecule has 0 radical (unpaired) electrons. The number of thioether (sulfide) groups is 1. The Morgan fingerprint density at radius 1 is 1.62 bits per heavy atom. The molecular weight excluding hydrogens is 191 g/mol. The lowest BCUT2D eigenvalue weighted by molar-refractivity contribution is 0.0688. The lowest BCUT2D eigenvalue weighted by Crippen LogP contribution is -2.02. The summed E-state index contributed by atoms with van der Waals surface area (Å²) in [7, 11) is 0. The topological polar surface area (TPSA) is 37.3 Å². The molecule has 1 rings (SSSR count). The van der Waals surface area contributed by atoms with Gasteiger partial charge in [-0.2, -0.15) is 0 Å². The van der Waals surface area contributed by atoms with Gasteiger partial charge in [-0.1, -0.05) is 13.0 Å². The monoisotopic (exact) mass is 200 g/mol. The molecule has 4 heteroatoms. The molecule has 0 spiro atoms. The van der Waals surface area contributed by atoms with E-state index >= 15 is 0 Å². The van der Waals surface area contributed by atoms with Crippen molar-refractivity contribution in [1.82, 2.24) is 0 Å². The van der Waals surface area contributed by atoms with Crippen LogP contribution >= 0.6 is 11.8 Å². The number of rotatable bonds is 3. The quantitative estimate of drug-likeness (QED) is 0.762. The second-order valence-electron chi connectivity index (χ2n) is 2.35. The third kappa shape index (κ3) is 2.21. The number of benzene rings is 1. The van der Waals surface area contributed by atoms with Crippen LogP contribution in [0.1, 0.15) is 17.3 Å². The highest BCUT2D eigenvalue weighted by Crippen LogP contribution is 2.24. The van der Waals surface area contributed by atoms with E-state index in [0.717, 1.165) is 11.8 Å². The summed E-state index contributed by atoms with van der Waals surface area (Å²) in [6, 6.07) is 4.28. The fourth-order valence-corrected chi connectivity index (χ4v) is 1.80. The number of carbonyl (C=O) groups is 1. The van der Waals surface area contributed by atoms with Crippen molar-refractivity contribution in [1.29, 1.82) is 0 Å². The Hall–Kier alpha value is -1.03. The second kappa shape index (κ2) is 4.28. The Labute approximate surface area is 79.8 Å². The Bertz CT molecular complexity index is 325. The largest absolute Gasteiger partial charge is 0.478 e. The highest BCUT2D eigenvalue weighted by atomic mass is 32.2. The van der Waals surface area contributed by atoms with E-state index in [-0.39, 0.29) is 5.56 Å². The van der Waals surface area contributed by atoms with Gasteiger partial charge in [-0.15, -0.1) is 11.8 Å². The second-order valence-corrected chi connectivity index (χ2v) is 3.66. The Morgan fingerprint density at radius 3 is 2.85 bits per heavy atom. The van der Waals surface area contributed by atoms with Gasteiger partial charge in [0.1, 0.15) is 11.4 Å². The summed E-state index contributed by atoms with van der Waals surface area (Å²) in [6.07, 6.45) is 0. The molecule has 0 heterocycles. The molecule has 0 aliphatic rings. The minimum Gasteiger partial charge on any atom is -0.478 e. The Balaban J connectivity index is 3.17. The van der Waals surface area contributed by atoms with Crippen LogP contribution in [0, 0.1) is 5.82 Å². The molecule has 1 N–H and O–H groups in total. The van der Waals surface area contributed by atoms with E-state index < -0.39 is 11.8 Å². The average Bonchev–Trinajstić information content (AvgIpc) is 2.04. The number of halogens is 1. The van der Waals surface area contributed by atoms with E-state index in [0.29, 0.717) is 4.90 Å². The molecular formula is C9H9FO2S. The third-order valence-corrected chi connectivity index (χ3v) is 2.43. The van der Waals surface area contributed by atoms with Crippen LogP contribution in [0.15, 0.2) is 23.1 Å². The van der Waals surface area contributed by atoms with E-state index in [4.69, 9.17) is 5.11 Å². The third-order valence-electron chi connectivity index (χ3n) is 1.49. The SMILES string of the molecule is CCSc1cccc(F)c1C(=O)O. The van der Waals surface area contributed by atoms with E-state index in [1.165, 1.54) is 17.8 Å². The number of carboxylic acids is 1. The van der Waals surface area contributed by atoms with Gasteiger partial charge in [0.2, 0.25) is 0 Å². The van der Waals surface area contributed by atoms with Crippen molar-refractivity contribution in [2.24, 2.45) is 0 Å². The van der Waals surface area contributed by atoms with E-state index in [1.54, 1.807) is 6.07 Å². The lowest BCUT2D eigenvalue weighted by Gasteiger charge is -2.04. The summed E-state index contributed by atoms with van der Waals surface area (Å²) in [5.41, 5.74) is -0.227. The van der Waals surface area contributed by atoms with Crippen molar-refractivity contribution in [2.75, 3.05) is 5.75 Å². The summed E-state index contributed by atoms with van der Waals surface area (Å²) < 4.78 is 13.0. The van der Waals surface area contributed by atoms with Crippen molar-refractivity contribution < 1.29 is 14.3 Å². The summed E-state index contributed by atoms with van der Waals surface area (Å²) >= 11 is 1.32. The maximum Gasteiger partial charge on any atom is 0.339 e. The van der Waals surface area contributed by atoms with Gasteiger partial charge in [-0.05, 0) is 17.9 Å². The maximum atomic E-state index is 13.0. The van der Waals surface area contributed by atoms with Crippen molar-refractivity contribution in [2.45, 2.75) is 11.8 Å². The highest BCUT2D eigenvalue weighted by molar-refractivity contribution is 7.99. The van der Waals surface area contributed by atoms with E-state index in [9.17, 15) is 9.18 Å². The number of hydrogen-bond acceptors (Lipinski definition) is 2. The lowest BCUT2D eigenvalue weighted by atomic mass is 10.2. The molecule has 0 amide bonds. The van der Waals surface area contributed by atoms with Crippen LogP contribution < -0.4 is 0 Å². The molecule has 0 unspecified atom stereocenters. The highest BCUT2D eigenvalue weighted by Gasteiger charge is 2.14. The fraction of sp³-hybridized carbons (Fsp3) is 0.222. The zero-order valence-corrected chi connectivity index (χ0v) is 7.90. The predicted octanol–water partition coefficient (Wildman–Crippen LogP) is 2.64. The molecule has 0 bridgehead atoms. The van der Waals surface area contributed by atoms with Gasteiger partial charge in [0, 0.05) is 4.90 Å². The van der Waals surface area contributed by atoms with Crippen LogP contribution in [-0.2, 0) is 0 Å². The van der Waals surface area contributed by atoms with Crippen LogP contribution in [0.3, 0.4) is 0 Å². The molecule has 70 valence electrons. The molecule has 2 nitrogen and oxygen atoms in total. The molecule has 1 aromatic rings. The first kappa shape index (κ1) is 10.1. The molecule has 0 aliphatic heterocycles. The number of carboxylic acid groups (broad SMARTS) is 1. The maximum absolute atomic E-state index is 13.0. The molecule has 0 atom stereocenters. The van der Waals surface area contributed by atoms with Gasteiger partial charge in [-0.25, -0.2) is 9.18 Å². The van der Waals surface area contributed by atoms with Crippen molar-refractivity contribution in [3.63, 3.8) is 0 Å². The molecule has 0 aromatic heterocycles. The smallest absolute Gasteiger partial charge is 0.339 e. The van der Waals surface area contributed by atoms with Crippen LogP contribution in [0.4, 0.5) is 4.39 Å². The standard InChI is InChI=1S/C9H9FO2S/c1-2-13-7-5-3-4-6(10)8(7)9(11)12/h3-5H,2H2,1H3,(H,11,12). The molecule has 0 saturated heterocycles. The van der Waals surface area contributed by atoms with Crippen molar-refractivity contribution in [3.05, 3.63) is 29.6 Å². The zero-order valence-electron chi connectivity index (χ0n) is 7.08. The van der Waals surface area contributed by atoms with Crippen molar-refractivity contribution >= 4 is 17.7 Å². The first-order chi connectivity index (χ1) is 6.16. The molecule has 1 aromatic carbocycles. The first-order valence-electron chi connectivity index (χ1n) is 3.81. The minimum absolute atomic E-state index is 0.227. The fourth-order valence-electron chi connectivity index (χ4n) is 0.988. The minimum atomic E-state index is -1.21. The number of hydrogen-bond donors (Lipinski definition) is 1. The summed E-state index contributed by atoms with van der Waals surface area (Å²) in [5, 5.41) is 8.72. The summed E-state index contributed by atoms with van der Waals surface area (Å²) in [5.74, 6) is -1.16. The van der Waals surface area contributed by atoms with E-state index in [2.05, 4.69) is 0 Å². The van der Waals surface area contributed by atoms with Crippen LogP contribution in [0.2, 0.25) is 0 Å². The van der Waals surface area contributed by atoms with Crippen LogP contribution in [-0.4, -0.2) is 16.8 Å². The van der Waals surface area contributed by atoms with Crippen molar-refractivity contribution in [3.8, 4) is 0 Å². The zero-order chi connectivity index (χ0) is 9.84. The van der Waals surface area contributed by atoms with Crippen LogP contribution in [0.5, 0.6) is 0 Å². The van der Waals surface area contributed by atoms with Gasteiger partial charge in [-0.3, -0.25) is 0 Å². The summed E-state index contributed by atoms with van der Waals surface area (Å²) in [6.45, 7) is 1.89. The van der Waals surface area contributed by atoms with Gasteiger partial charge < -0.3 is 5.11 Å². The number of aromatic carboxylic acids is 1. The Morgan fingerprint density at radius 2 is 2.31 bits per heavy atom. The summed E-state index contributed by atoms with van der Waals surface area (Å²) in [4.78, 5) is 11.1. The first-order valence-corrected chi connectivity index (χ1v) is 4.80.